The van der Waals surface area contributed by atoms with Gasteiger partial charge in [-0.05, 0) is 47.2 Å². The van der Waals surface area contributed by atoms with E-state index in [1.807, 2.05) is 0 Å². The van der Waals surface area contributed by atoms with Crippen LogP contribution in [0.4, 0.5) is 11.4 Å². The number of benzene rings is 2. The van der Waals surface area contributed by atoms with Gasteiger partial charge in [0, 0.05) is 24.5 Å². The van der Waals surface area contributed by atoms with Crippen molar-refractivity contribution in [3.8, 4) is 0 Å². The van der Waals surface area contributed by atoms with Crippen LogP contribution in [0.3, 0.4) is 0 Å². The molecular weight excluding hydrogens is 400 g/mol. The fraction of sp³-hybridized carbons (Fsp3) is 0.440. The first-order valence-electron chi connectivity index (χ1n) is 11.4. The molecule has 2 aliphatic heterocycles. The number of aliphatic imine (C=N–C) groups is 2. The number of hydrogen-bond acceptors (Lipinski definition) is 7. The molecule has 170 valence electrons. The van der Waals surface area contributed by atoms with Crippen molar-refractivity contribution in [1.82, 2.24) is 4.90 Å². The summed E-state index contributed by atoms with van der Waals surface area (Å²) in [5.41, 5.74) is 10.8. The zero-order valence-electron chi connectivity index (χ0n) is 19.5. The average molecular weight is 435 g/mol. The molecule has 2 aromatic rings. The van der Waals surface area contributed by atoms with Crippen LogP contribution in [0.2, 0.25) is 0 Å². The van der Waals surface area contributed by atoms with E-state index >= 15 is 0 Å². The van der Waals surface area contributed by atoms with E-state index in [9.17, 15) is 0 Å². The van der Waals surface area contributed by atoms with Crippen LogP contribution in [0.25, 0.3) is 0 Å². The van der Waals surface area contributed by atoms with Crippen molar-refractivity contribution >= 4 is 23.3 Å². The van der Waals surface area contributed by atoms with E-state index in [-0.39, 0.29) is 5.96 Å². The standard InChI is InChI=1S/C25H34N6O/c1-17(2)19-5-9-21(10-6-19)27-24-28-23(26)29-25(30-13-15-32-16-14-30)31(24)22-11-7-20(8-12-22)18(3)4/h5-12,17-18,24,27H,13-16H2,1-4H3,(H2,26,28). The molecule has 7 nitrogen and oxygen atoms in total. The summed E-state index contributed by atoms with van der Waals surface area (Å²) in [6.45, 7) is 11.7. The van der Waals surface area contributed by atoms with Gasteiger partial charge in [-0.25, -0.2) is 4.99 Å². The summed E-state index contributed by atoms with van der Waals surface area (Å²) in [5.74, 6) is 2.04. The highest BCUT2D eigenvalue weighted by atomic mass is 16.5. The highest BCUT2D eigenvalue weighted by molar-refractivity contribution is 6.06. The van der Waals surface area contributed by atoms with Crippen molar-refractivity contribution in [2.24, 2.45) is 15.7 Å². The Bertz CT molecular complexity index is 959. The molecule has 0 radical (unpaired) electrons. The zero-order chi connectivity index (χ0) is 22.7. The Morgan fingerprint density at radius 1 is 0.906 bits per heavy atom. The predicted octanol–water partition coefficient (Wildman–Crippen LogP) is 4.15. The Morgan fingerprint density at radius 2 is 1.47 bits per heavy atom. The van der Waals surface area contributed by atoms with E-state index in [1.165, 1.54) is 11.1 Å². The predicted molar refractivity (Wildman–Crippen MR) is 132 cm³/mol. The highest BCUT2D eigenvalue weighted by Gasteiger charge is 2.32. The second kappa shape index (κ2) is 9.61. The molecule has 1 unspecified atom stereocenters. The molecule has 0 spiro atoms. The first kappa shape index (κ1) is 22.1. The Kier molecular flexibility index (Phi) is 6.65. The molecule has 2 aromatic carbocycles. The Hall–Kier alpha value is -3.06. The van der Waals surface area contributed by atoms with E-state index in [0.717, 1.165) is 30.4 Å². The Balaban J connectivity index is 1.68. The van der Waals surface area contributed by atoms with Gasteiger partial charge in [0.05, 0.1) is 13.2 Å². The SMILES string of the molecule is CC(C)c1ccc(NC2N=C(N)N=C(N3CCOCC3)N2c2ccc(C(C)C)cc2)cc1. The quantitative estimate of drug-likeness (QED) is 0.739. The summed E-state index contributed by atoms with van der Waals surface area (Å²) >= 11 is 0. The number of nitrogens with one attached hydrogen (secondary N) is 1. The largest absolute Gasteiger partial charge is 0.378 e. The maximum Gasteiger partial charge on any atom is 0.222 e. The van der Waals surface area contributed by atoms with Crippen LogP contribution in [0.5, 0.6) is 0 Å². The molecule has 0 bridgehead atoms. The summed E-state index contributed by atoms with van der Waals surface area (Å²) < 4.78 is 5.56. The first-order valence-corrected chi connectivity index (χ1v) is 11.4. The molecule has 7 heteroatoms. The van der Waals surface area contributed by atoms with Crippen molar-refractivity contribution in [2.75, 3.05) is 36.5 Å². The maximum atomic E-state index is 6.18. The molecule has 32 heavy (non-hydrogen) atoms. The molecule has 2 aliphatic rings. The van der Waals surface area contributed by atoms with Crippen molar-refractivity contribution in [2.45, 2.75) is 45.8 Å². The van der Waals surface area contributed by atoms with Gasteiger partial charge in [-0.1, -0.05) is 52.0 Å². The topological polar surface area (TPSA) is 78.5 Å². The normalized spacial score (nSPS) is 19.2. The lowest BCUT2D eigenvalue weighted by atomic mass is 10.0. The van der Waals surface area contributed by atoms with Crippen LogP contribution in [0, 0.1) is 0 Å². The van der Waals surface area contributed by atoms with Crippen molar-refractivity contribution in [1.29, 1.82) is 0 Å². The number of guanidine groups is 2. The van der Waals surface area contributed by atoms with E-state index < -0.39 is 6.29 Å². The van der Waals surface area contributed by atoms with Crippen LogP contribution < -0.4 is 16.0 Å². The van der Waals surface area contributed by atoms with Gasteiger partial charge in [0.2, 0.25) is 18.2 Å². The first-order chi connectivity index (χ1) is 15.4. The molecule has 1 atom stereocenters. The summed E-state index contributed by atoms with van der Waals surface area (Å²) in [7, 11) is 0. The minimum absolute atomic E-state index is 0.276. The molecule has 1 fully saturated rings. The molecule has 4 rings (SSSR count). The van der Waals surface area contributed by atoms with E-state index in [2.05, 4.69) is 101 Å². The molecular formula is C25H34N6O. The van der Waals surface area contributed by atoms with Crippen molar-refractivity contribution < 1.29 is 4.74 Å². The number of ether oxygens (including phenoxy) is 1. The lowest BCUT2D eigenvalue weighted by Gasteiger charge is -2.41. The number of nitrogens with zero attached hydrogens (tertiary/aromatic N) is 4. The van der Waals surface area contributed by atoms with Crippen LogP contribution in [0.1, 0.15) is 50.7 Å². The third kappa shape index (κ3) is 4.88. The molecule has 0 saturated carbocycles. The Labute approximate surface area is 191 Å². The summed E-state index contributed by atoms with van der Waals surface area (Å²) in [5, 5.41) is 3.55. The van der Waals surface area contributed by atoms with E-state index in [4.69, 9.17) is 10.5 Å². The minimum Gasteiger partial charge on any atom is -0.378 e. The fourth-order valence-electron chi connectivity index (χ4n) is 3.95. The number of morpholine rings is 1. The number of rotatable bonds is 5. The summed E-state index contributed by atoms with van der Waals surface area (Å²) in [6.07, 6.45) is -0.403. The van der Waals surface area contributed by atoms with Gasteiger partial charge in [-0.15, -0.1) is 0 Å². The Morgan fingerprint density at radius 3 is 2.03 bits per heavy atom. The molecule has 2 heterocycles. The van der Waals surface area contributed by atoms with E-state index in [1.54, 1.807) is 0 Å². The zero-order valence-corrected chi connectivity index (χ0v) is 19.5. The van der Waals surface area contributed by atoms with Crippen LogP contribution in [-0.2, 0) is 4.74 Å². The number of hydrogen-bond donors (Lipinski definition) is 2. The molecule has 0 aromatic heterocycles. The molecule has 0 amide bonds. The summed E-state index contributed by atoms with van der Waals surface area (Å²) in [4.78, 5) is 13.7. The smallest absolute Gasteiger partial charge is 0.222 e. The van der Waals surface area contributed by atoms with Crippen molar-refractivity contribution in [3.05, 3.63) is 59.7 Å². The van der Waals surface area contributed by atoms with Gasteiger partial charge in [0.1, 0.15) is 0 Å². The van der Waals surface area contributed by atoms with Gasteiger partial charge in [-0.2, -0.15) is 4.99 Å². The fourth-order valence-corrected chi connectivity index (χ4v) is 3.95. The third-order valence-corrected chi connectivity index (χ3v) is 5.93. The third-order valence-electron chi connectivity index (χ3n) is 5.93. The molecule has 3 N–H and O–H groups in total. The van der Waals surface area contributed by atoms with Crippen LogP contribution in [0.15, 0.2) is 58.5 Å². The summed E-state index contributed by atoms with van der Waals surface area (Å²) in [6, 6.07) is 17.1. The molecule has 1 saturated heterocycles. The van der Waals surface area contributed by atoms with E-state index in [0.29, 0.717) is 25.0 Å². The van der Waals surface area contributed by atoms with Gasteiger partial charge in [0.15, 0.2) is 0 Å². The highest BCUT2D eigenvalue weighted by Crippen LogP contribution is 2.27. The van der Waals surface area contributed by atoms with Gasteiger partial charge in [-0.3, -0.25) is 4.90 Å². The van der Waals surface area contributed by atoms with Gasteiger partial charge >= 0.3 is 0 Å². The van der Waals surface area contributed by atoms with Gasteiger partial charge in [0.25, 0.3) is 0 Å². The number of nitrogens with two attached hydrogens (primary N) is 1. The molecule has 0 aliphatic carbocycles. The van der Waals surface area contributed by atoms with Crippen LogP contribution in [-0.4, -0.2) is 49.4 Å². The second-order valence-corrected chi connectivity index (χ2v) is 8.91. The monoisotopic (exact) mass is 434 g/mol. The lowest BCUT2D eigenvalue weighted by molar-refractivity contribution is 0.0671. The number of anilines is 2. The van der Waals surface area contributed by atoms with Gasteiger partial charge < -0.3 is 20.7 Å². The lowest BCUT2D eigenvalue weighted by Crippen LogP contribution is -2.57. The van der Waals surface area contributed by atoms with Crippen LogP contribution >= 0.6 is 0 Å². The minimum atomic E-state index is -0.403. The maximum absolute atomic E-state index is 6.18. The average Bonchev–Trinajstić information content (AvgIpc) is 2.80. The second-order valence-electron chi connectivity index (χ2n) is 8.91. The van der Waals surface area contributed by atoms with Crippen molar-refractivity contribution in [3.63, 3.8) is 0 Å².